The Morgan fingerprint density at radius 1 is 1.60 bits per heavy atom. The maximum Gasteiger partial charge on any atom is 0.120 e. The number of aliphatic hydroxyl groups excluding tert-OH is 1. The molecule has 3 nitrogen and oxygen atoms in total. The second kappa shape index (κ2) is 6.40. The molecule has 5 heteroatoms. The number of nitrogens with one attached hydrogen (secondary N) is 1. The van der Waals surface area contributed by atoms with Gasteiger partial charge in [-0.3, -0.25) is 0 Å². The van der Waals surface area contributed by atoms with Crippen LogP contribution in [0.1, 0.15) is 0 Å². The molecule has 1 atom stereocenters. The smallest absolute Gasteiger partial charge is 0.120 e. The maximum absolute atomic E-state index is 9.29. The van der Waals surface area contributed by atoms with Crippen molar-refractivity contribution in [2.24, 2.45) is 0 Å². The molecule has 0 aromatic heterocycles. The van der Waals surface area contributed by atoms with Crippen molar-refractivity contribution in [2.75, 3.05) is 24.9 Å². The van der Waals surface area contributed by atoms with Gasteiger partial charge in [0.2, 0.25) is 0 Å². The molecule has 0 aliphatic carbocycles. The predicted molar refractivity (Wildman–Crippen MR) is 70.9 cm³/mol. The van der Waals surface area contributed by atoms with Crippen LogP contribution in [0, 0.1) is 3.57 Å². The summed E-state index contributed by atoms with van der Waals surface area (Å²) in [5.41, 5.74) is 0.973. The van der Waals surface area contributed by atoms with Crippen LogP contribution < -0.4 is 10.1 Å². The van der Waals surface area contributed by atoms with Gasteiger partial charge in [0, 0.05) is 15.8 Å². The fourth-order valence-electron chi connectivity index (χ4n) is 1.05. The minimum Gasteiger partial charge on any atom is -0.497 e. The average Bonchev–Trinajstić information content (AvgIpc) is 2.26. The van der Waals surface area contributed by atoms with Crippen molar-refractivity contribution in [3.05, 3.63) is 21.8 Å². The number of hydrogen-bond donors (Lipinski definition) is 2. The van der Waals surface area contributed by atoms with Crippen molar-refractivity contribution in [3.8, 4) is 5.75 Å². The molecule has 1 rings (SSSR count). The molecular formula is C10H13ClINO2. The number of rotatable bonds is 5. The van der Waals surface area contributed by atoms with E-state index in [1.54, 1.807) is 7.11 Å². The van der Waals surface area contributed by atoms with E-state index in [1.165, 1.54) is 0 Å². The van der Waals surface area contributed by atoms with E-state index in [0.29, 0.717) is 6.54 Å². The molecule has 0 spiro atoms. The minimum atomic E-state index is -0.524. The summed E-state index contributed by atoms with van der Waals surface area (Å²) in [7, 11) is 1.63. The van der Waals surface area contributed by atoms with Gasteiger partial charge in [-0.15, -0.1) is 11.6 Å². The van der Waals surface area contributed by atoms with Gasteiger partial charge in [0.15, 0.2) is 0 Å². The summed E-state index contributed by atoms with van der Waals surface area (Å²) in [5, 5.41) is 12.4. The van der Waals surface area contributed by atoms with Crippen LogP contribution in [0.4, 0.5) is 5.69 Å². The van der Waals surface area contributed by atoms with Gasteiger partial charge in [0.25, 0.3) is 0 Å². The quantitative estimate of drug-likeness (QED) is 0.638. The monoisotopic (exact) mass is 341 g/mol. The molecule has 0 aliphatic heterocycles. The van der Waals surface area contributed by atoms with E-state index in [9.17, 15) is 5.11 Å². The third-order valence-electron chi connectivity index (χ3n) is 1.88. The highest BCUT2D eigenvalue weighted by Gasteiger charge is 2.04. The van der Waals surface area contributed by atoms with Gasteiger partial charge in [-0.25, -0.2) is 0 Å². The Bertz CT molecular complexity index is 322. The van der Waals surface area contributed by atoms with Crippen LogP contribution in [0.25, 0.3) is 0 Å². The molecular weight excluding hydrogens is 328 g/mol. The summed E-state index contributed by atoms with van der Waals surface area (Å²) in [6, 6.07) is 5.72. The van der Waals surface area contributed by atoms with E-state index >= 15 is 0 Å². The lowest BCUT2D eigenvalue weighted by Gasteiger charge is -2.12. The molecule has 0 fully saturated rings. The highest BCUT2D eigenvalue weighted by atomic mass is 127. The van der Waals surface area contributed by atoms with Crippen molar-refractivity contribution in [2.45, 2.75) is 6.10 Å². The number of ether oxygens (including phenoxy) is 1. The number of alkyl halides is 1. The first-order valence-corrected chi connectivity index (χ1v) is 6.10. The molecule has 0 heterocycles. The Morgan fingerprint density at radius 3 is 2.87 bits per heavy atom. The maximum atomic E-state index is 9.29. The van der Waals surface area contributed by atoms with E-state index in [0.717, 1.165) is 15.0 Å². The second-order valence-corrected chi connectivity index (χ2v) is 4.51. The molecule has 0 radical (unpaired) electrons. The van der Waals surface area contributed by atoms with Gasteiger partial charge >= 0.3 is 0 Å². The third-order valence-corrected chi connectivity index (χ3v) is 3.13. The van der Waals surface area contributed by atoms with Crippen molar-refractivity contribution < 1.29 is 9.84 Å². The summed E-state index contributed by atoms with van der Waals surface area (Å²) < 4.78 is 6.14. The first kappa shape index (κ1) is 12.9. The number of methoxy groups -OCH3 is 1. The SMILES string of the molecule is COc1ccc(NCC(O)CCl)c(I)c1. The second-order valence-electron chi connectivity index (χ2n) is 3.03. The molecule has 1 unspecified atom stereocenters. The Balaban J connectivity index is 2.62. The van der Waals surface area contributed by atoms with E-state index in [4.69, 9.17) is 16.3 Å². The number of benzene rings is 1. The Labute approximate surface area is 108 Å². The van der Waals surface area contributed by atoms with Gasteiger partial charge < -0.3 is 15.2 Å². The molecule has 1 aromatic carbocycles. The van der Waals surface area contributed by atoms with Crippen LogP contribution in [0.15, 0.2) is 18.2 Å². The summed E-state index contributed by atoms with van der Waals surface area (Å²) in [5.74, 6) is 1.06. The molecule has 0 saturated heterocycles. The van der Waals surface area contributed by atoms with Crippen LogP contribution in [-0.4, -0.2) is 30.7 Å². The van der Waals surface area contributed by atoms with Crippen molar-refractivity contribution in [1.82, 2.24) is 0 Å². The molecule has 0 saturated carbocycles. The fourth-order valence-corrected chi connectivity index (χ4v) is 1.84. The lowest BCUT2D eigenvalue weighted by atomic mass is 10.3. The molecule has 0 amide bonds. The first-order valence-electron chi connectivity index (χ1n) is 4.48. The Hall–Kier alpha value is -0.200. The summed E-state index contributed by atoms with van der Waals surface area (Å²) in [4.78, 5) is 0. The van der Waals surface area contributed by atoms with Crippen LogP contribution in [0.3, 0.4) is 0 Å². The number of hydrogen-bond acceptors (Lipinski definition) is 3. The van der Waals surface area contributed by atoms with Crippen LogP contribution in [-0.2, 0) is 0 Å². The molecule has 1 aromatic rings. The van der Waals surface area contributed by atoms with E-state index in [2.05, 4.69) is 27.9 Å². The molecule has 15 heavy (non-hydrogen) atoms. The summed E-state index contributed by atoms with van der Waals surface area (Å²) in [6.45, 7) is 0.450. The number of aliphatic hydroxyl groups is 1. The summed E-state index contributed by atoms with van der Waals surface area (Å²) in [6.07, 6.45) is -0.524. The minimum absolute atomic E-state index is 0.236. The molecule has 84 valence electrons. The molecule has 2 N–H and O–H groups in total. The average molecular weight is 342 g/mol. The van der Waals surface area contributed by atoms with Gasteiger partial charge in [0.1, 0.15) is 5.75 Å². The Kier molecular flexibility index (Phi) is 5.49. The van der Waals surface area contributed by atoms with Crippen molar-refractivity contribution in [3.63, 3.8) is 0 Å². The lowest BCUT2D eigenvalue weighted by molar-refractivity contribution is 0.211. The normalized spacial score (nSPS) is 12.3. The van der Waals surface area contributed by atoms with Crippen LogP contribution in [0.2, 0.25) is 0 Å². The Morgan fingerprint density at radius 2 is 2.33 bits per heavy atom. The van der Waals surface area contributed by atoms with E-state index in [-0.39, 0.29) is 5.88 Å². The van der Waals surface area contributed by atoms with Gasteiger partial charge in [0.05, 0.1) is 19.1 Å². The number of anilines is 1. The van der Waals surface area contributed by atoms with Crippen LogP contribution >= 0.6 is 34.2 Å². The zero-order chi connectivity index (χ0) is 11.3. The predicted octanol–water partition coefficient (Wildman–Crippen LogP) is 2.31. The zero-order valence-electron chi connectivity index (χ0n) is 8.34. The van der Waals surface area contributed by atoms with Gasteiger partial charge in [-0.2, -0.15) is 0 Å². The standard InChI is InChI=1S/C10H13ClINO2/c1-15-8-2-3-10(9(12)4-8)13-6-7(14)5-11/h2-4,7,13-14H,5-6H2,1H3. The van der Waals surface area contributed by atoms with Crippen LogP contribution in [0.5, 0.6) is 5.75 Å². The largest absolute Gasteiger partial charge is 0.497 e. The fraction of sp³-hybridized carbons (Fsp3) is 0.400. The molecule has 0 bridgehead atoms. The van der Waals surface area contributed by atoms with Crippen molar-refractivity contribution in [1.29, 1.82) is 0 Å². The zero-order valence-corrected chi connectivity index (χ0v) is 11.2. The highest BCUT2D eigenvalue weighted by Crippen LogP contribution is 2.23. The van der Waals surface area contributed by atoms with E-state index in [1.807, 2.05) is 18.2 Å². The topological polar surface area (TPSA) is 41.5 Å². The molecule has 0 aliphatic rings. The van der Waals surface area contributed by atoms with Gasteiger partial charge in [-0.05, 0) is 40.8 Å². The lowest BCUT2D eigenvalue weighted by Crippen LogP contribution is -2.21. The number of halogens is 2. The van der Waals surface area contributed by atoms with E-state index < -0.39 is 6.10 Å². The van der Waals surface area contributed by atoms with Crippen molar-refractivity contribution >= 4 is 39.9 Å². The van der Waals surface area contributed by atoms with Gasteiger partial charge in [-0.1, -0.05) is 0 Å². The highest BCUT2D eigenvalue weighted by molar-refractivity contribution is 14.1. The summed E-state index contributed by atoms with van der Waals surface area (Å²) >= 11 is 7.70. The third kappa shape index (κ3) is 4.04. The first-order chi connectivity index (χ1) is 7.17.